The van der Waals surface area contributed by atoms with Crippen LogP contribution in [0, 0.1) is 6.92 Å². The van der Waals surface area contributed by atoms with Crippen molar-refractivity contribution in [2.45, 2.75) is 33.1 Å². The molecule has 0 aliphatic rings. The summed E-state index contributed by atoms with van der Waals surface area (Å²) in [4.78, 5) is 9.08. The summed E-state index contributed by atoms with van der Waals surface area (Å²) in [5.74, 6) is 1.78. The Bertz CT molecular complexity index is 633. The first-order valence-electron chi connectivity index (χ1n) is 8.89. The Kier molecular flexibility index (Phi) is 12.0. The van der Waals surface area contributed by atoms with Gasteiger partial charge >= 0.3 is 0 Å². The molecule has 1 aromatic heterocycles. The third kappa shape index (κ3) is 9.38. The first-order valence-corrected chi connectivity index (χ1v) is 9.77. The summed E-state index contributed by atoms with van der Waals surface area (Å²) in [5, 5.41) is 9.97. The van der Waals surface area contributed by atoms with Crippen molar-refractivity contribution in [3.63, 3.8) is 0 Å². The van der Waals surface area contributed by atoms with Crippen LogP contribution in [0.3, 0.4) is 0 Å². The molecule has 26 heavy (non-hydrogen) atoms. The van der Waals surface area contributed by atoms with E-state index in [1.165, 1.54) is 5.01 Å². The first-order chi connectivity index (χ1) is 12.3. The highest BCUT2D eigenvalue weighted by Gasteiger charge is 2.00. The van der Waals surface area contributed by atoms with Crippen LogP contribution in [0.2, 0.25) is 0 Å². The molecule has 0 fully saturated rings. The third-order valence-corrected chi connectivity index (χ3v) is 4.48. The fourth-order valence-corrected chi connectivity index (χ4v) is 3.09. The standard InChI is InChI=1S/C19H28N4OS.HI/c1-3-20-19(21-12-7-11-18-23-16(2)15-25-18)22-13-8-14-24-17-9-5-4-6-10-17;/h4-6,9-10,15H,3,7-8,11-14H2,1-2H3,(H2,20,21,22);1H. The maximum Gasteiger partial charge on any atom is 0.191 e. The lowest BCUT2D eigenvalue weighted by molar-refractivity contribution is 0.313. The fourth-order valence-electron chi connectivity index (χ4n) is 2.27. The Labute approximate surface area is 177 Å². The number of hydrogen-bond acceptors (Lipinski definition) is 4. The predicted octanol–water partition coefficient (Wildman–Crippen LogP) is 4.03. The number of halogens is 1. The zero-order valence-corrected chi connectivity index (χ0v) is 18.7. The molecule has 0 radical (unpaired) electrons. The van der Waals surface area contributed by atoms with Crippen molar-refractivity contribution in [1.82, 2.24) is 15.6 Å². The lowest BCUT2D eigenvalue weighted by atomic mass is 10.3. The smallest absolute Gasteiger partial charge is 0.191 e. The van der Waals surface area contributed by atoms with Gasteiger partial charge in [0.1, 0.15) is 5.75 Å². The Morgan fingerprint density at radius 1 is 1.19 bits per heavy atom. The molecule has 0 amide bonds. The molecule has 0 unspecified atom stereocenters. The van der Waals surface area contributed by atoms with Crippen LogP contribution < -0.4 is 15.4 Å². The van der Waals surface area contributed by atoms with Gasteiger partial charge in [-0.1, -0.05) is 18.2 Å². The van der Waals surface area contributed by atoms with E-state index in [9.17, 15) is 0 Å². The minimum Gasteiger partial charge on any atom is -0.494 e. The fraction of sp³-hybridized carbons (Fsp3) is 0.474. The van der Waals surface area contributed by atoms with Gasteiger partial charge in [0, 0.05) is 43.5 Å². The van der Waals surface area contributed by atoms with E-state index in [-0.39, 0.29) is 24.0 Å². The normalized spacial score (nSPS) is 10.9. The second-order valence-electron chi connectivity index (χ2n) is 5.69. The third-order valence-electron chi connectivity index (χ3n) is 3.45. The highest BCUT2D eigenvalue weighted by Crippen LogP contribution is 2.10. The summed E-state index contributed by atoms with van der Waals surface area (Å²) >= 11 is 1.74. The summed E-state index contributed by atoms with van der Waals surface area (Å²) in [5.41, 5.74) is 1.11. The van der Waals surface area contributed by atoms with Crippen molar-refractivity contribution in [3.8, 4) is 5.75 Å². The van der Waals surface area contributed by atoms with E-state index in [1.807, 2.05) is 37.3 Å². The Balaban J connectivity index is 0.00000338. The molecule has 2 N–H and O–H groups in total. The minimum atomic E-state index is 0. The van der Waals surface area contributed by atoms with Crippen molar-refractivity contribution >= 4 is 41.3 Å². The summed E-state index contributed by atoms with van der Waals surface area (Å²) in [6.07, 6.45) is 2.95. The molecule has 0 spiro atoms. The maximum atomic E-state index is 5.68. The topological polar surface area (TPSA) is 58.5 Å². The molecule has 0 atom stereocenters. The van der Waals surface area contributed by atoms with Crippen LogP contribution in [0.1, 0.15) is 30.5 Å². The zero-order valence-electron chi connectivity index (χ0n) is 15.5. The number of aryl methyl sites for hydroxylation is 2. The summed E-state index contributed by atoms with van der Waals surface area (Å²) < 4.78 is 5.68. The van der Waals surface area contributed by atoms with Gasteiger partial charge < -0.3 is 15.4 Å². The second-order valence-corrected chi connectivity index (χ2v) is 6.63. The molecule has 1 heterocycles. The van der Waals surface area contributed by atoms with E-state index in [1.54, 1.807) is 11.3 Å². The number of rotatable bonds is 10. The van der Waals surface area contributed by atoms with Crippen LogP contribution in [-0.4, -0.2) is 37.2 Å². The summed E-state index contributed by atoms with van der Waals surface area (Å²) in [6.45, 7) is 7.29. The Morgan fingerprint density at radius 2 is 2.00 bits per heavy atom. The molecule has 2 aromatic rings. The SMILES string of the molecule is CCNC(=NCCCOc1ccccc1)NCCCc1nc(C)cs1.I. The van der Waals surface area contributed by atoms with Gasteiger partial charge in [-0.2, -0.15) is 0 Å². The van der Waals surface area contributed by atoms with E-state index in [0.717, 1.165) is 56.3 Å². The van der Waals surface area contributed by atoms with Gasteiger partial charge in [0.05, 0.1) is 11.6 Å². The average molecular weight is 488 g/mol. The number of benzene rings is 1. The van der Waals surface area contributed by atoms with Gasteiger partial charge in [0.25, 0.3) is 0 Å². The number of hydrogen-bond donors (Lipinski definition) is 2. The highest BCUT2D eigenvalue weighted by molar-refractivity contribution is 14.0. The van der Waals surface area contributed by atoms with Crippen LogP contribution in [-0.2, 0) is 6.42 Å². The molecular weight excluding hydrogens is 459 g/mol. The molecule has 0 aliphatic carbocycles. The van der Waals surface area contributed by atoms with Crippen molar-refractivity contribution in [2.24, 2.45) is 4.99 Å². The quantitative estimate of drug-likeness (QED) is 0.230. The predicted molar refractivity (Wildman–Crippen MR) is 121 cm³/mol. The number of guanidine groups is 1. The molecule has 2 rings (SSSR count). The number of ether oxygens (including phenoxy) is 1. The van der Waals surface area contributed by atoms with Crippen molar-refractivity contribution < 1.29 is 4.74 Å². The molecule has 0 aliphatic heterocycles. The number of thiazole rings is 1. The monoisotopic (exact) mass is 488 g/mol. The summed E-state index contributed by atoms with van der Waals surface area (Å²) in [7, 11) is 0. The van der Waals surface area contributed by atoms with Crippen LogP contribution in [0.4, 0.5) is 0 Å². The second kappa shape index (κ2) is 13.8. The van der Waals surface area contributed by atoms with Crippen LogP contribution >= 0.6 is 35.3 Å². The molecule has 0 bridgehead atoms. The largest absolute Gasteiger partial charge is 0.494 e. The molecule has 5 nitrogen and oxygen atoms in total. The Morgan fingerprint density at radius 3 is 2.69 bits per heavy atom. The van der Waals surface area contributed by atoms with Crippen LogP contribution in [0.15, 0.2) is 40.7 Å². The maximum absolute atomic E-state index is 5.68. The number of para-hydroxylation sites is 1. The van der Waals surface area contributed by atoms with Gasteiger partial charge in [-0.05, 0) is 32.4 Å². The van der Waals surface area contributed by atoms with E-state index in [2.05, 4.69) is 32.9 Å². The molecular formula is C19H29IN4OS. The van der Waals surface area contributed by atoms with Gasteiger partial charge in [-0.15, -0.1) is 35.3 Å². The molecule has 0 saturated carbocycles. The number of nitrogens with one attached hydrogen (secondary N) is 2. The van der Waals surface area contributed by atoms with Crippen LogP contribution in [0.5, 0.6) is 5.75 Å². The Hall–Kier alpha value is -1.35. The molecule has 7 heteroatoms. The first kappa shape index (κ1) is 22.7. The van der Waals surface area contributed by atoms with E-state index in [0.29, 0.717) is 6.61 Å². The lowest BCUT2D eigenvalue weighted by Gasteiger charge is -2.11. The van der Waals surface area contributed by atoms with E-state index < -0.39 is 0 Å². The lowest BCUT2D eigenvalue weighted by Crippen LogP contribution is -2.38. The van der Waals surface area contributed by atoms with Gasteiger partial charge in [0.2, 0.25) is 0 Å². The van der Waals surface area contributed by atoms with E-state index >= 15 is 0 Å². The summed E-state index contributed by atoms with van der Waals surface area (Å²) in [6, 6.07) is 9.89. The van der Waals surface area contributed by atoms with Crippen molar-refractivity contribution in [3.05, 3.63) is 46.4 Å². The average Bonchev–Trinajstić information content (AvgIpc) is 3.04. The molecule has 0 saturated heterocycles. The van der Waals surface area contributed by atoms with Gasteiger partial charge in [0.15, 0.2) is 5.96 Å². The zero-order chi connectivity index (χ0) is 17.7. The van der Waals surface area contributed by atoms with Crippen molar-refractivity contribution in [2.75, 3.05) is 26.2 Å². The van der Waals surface area contributed by atoms with E-state index in [4.69, 9.17) is 4.74 Å². The number of aromatic nitrogens is 1. The van der Waals surface area contributed by atoms with Gasteiger partial charge in [-0.25, -0.2) is 4.98 Å². The van der Waals surface area contributed by atoms with Gasteiger partial charge in [-0.3, -0.25) is 4.99 Å². The van der Waals surface area contributed by atoms with Crippen LogP contribution in [0.25, 0.3) is 0 Å². The van der Waals surface area contributed by atoms with Crippen molar-refractivity contribution in [1.29, 1.82) is 0 Å². The molecule has 144 valence electrons. The highest BCUT2D eigenvalue weighted by atomic mass is 127. The molecule has 1 aromatic carbocycles. The number of nitrogens with zero attached hydrogens (tertiary/aromatic N) is 2. The number of aliphatic imine (C=N–C) groups is 1. The minimum absolute atomic E-state index is 0.